The maximum atomic E-state index is 5.61. The van der Waals surface area contributed by atoms with Crippen LogP contribution in [0.15, 0.2) is 48.9 Å². The number of anilines is 2. The third kappa shape index (κ3) is 3.98. The normalized spacial score (nSPS) is 10.8. The van der Waals surface area contributed by atoms with Crippen molar-refractivity contribution < 1.29 is 4.74 Å². The van der Waals surface area contributed by atoms with E-state index < -0.39 is 0 Å². The van der Waals surface area contributed by atoms with Gasteiger partial charge in [-0.2, -0.15) is 10.2 Å². The van der Waals surface area contributed by atoms with Crippen LogP contribution in [-0.2, 0) is 6.54 Å². The lowest BCUT2D eigenvalue weighted by molar-refractivity contribution is 0.419. The van der Waals surface area contributed by atoms with E-state index in [0.717, 1.165) is 39.2 Å². The van der Waals surface area contributed by atoms with E-state index in [-0.39, 0.29) is 0 Å². The van der Waals surface area contributed by atoms with Gasteiger partial charge in [0.1, 0.15) is 23.4 Å². The van der Waals surface area contributed by atoms with Gasteiger partial charge < -0.3 is 15.0 Å². The van der Waals surface area contributed by atoms with Crippen LogP contribution in [0.1, 0.15) is 11.4 Å². The summed E-state index contributed by atoms with van der Waals surface area (Å²) in [5, 5.41) is 12.5. The summed E-state index contributed by atoms with van der Waals surface area (Å²) in [6, 6.07) is 11.9. The molecule has 0 aliphatic heterocycles. The molecule has 30 heavy (non-hydrogen) atoms. The number of aryl methyl sites for hydroxylation is 1. The minimum absolute atomic E-state index is 0.502. The summed E-state index contributed by atoms with van der Waals surface area (Å²) >= 11 is 0. The van der Waals surface area contributed by atoms with Crippen molar-refractivity contribution in [3.63, 3.8) is 0 Å². The molecule has 4 aromatic rings. The number of pyridine rings is 1. The highest BCUT2D eigenvalue weighted by atomic mass is 16.5. The van der Waals surface area contributed by atoms with Crippen LogP contribution in [0.25, 0.3) is 22.2 Å². The number of benzene rings is 1. The first kappa shape index (κ1) is 19.5. The molecule has 0 saturated carbocycles. The Morgan fingerprint density at radius 2 is 1.87 bits per heavy atom. The van der Waals surface area contributed by atoms with Crippen molar-refractivity contribution in [3.8, 4) is 17.0 Å². The summed E-state index contributed by atoms with van der Waals surface area (Å²) < 4.78 is 5.61. The topological polar surface area (TPSA) is 89.0 Å². The predicted octanol–water partition coefficient (Wildman–Crippen LogP) is 3.48. The molecule has 0 saturated heterocycles. The van der Waals surface area contributed by atoms with Crippen LogP contribution in [0.4, 0.5) is 11.5 Å². The molecule has 1 aromatic carbocycles. The fourth-order valence-corrected chi connectivity index (χ4v) is 3.10. The molecule has 8 nitrogen and oxygen atoms in total. The van der Waals surface area contributed by atoms with Crippen molar-refractivity contribution in [2.75, 3.05) is 31.4 Å². The third-order valence-electron chi connectivity index (χ3n) is 4.77. The van der Waals surface area contributed by atoms with E-state index in [1.54, 1.807) is 7.11 Å². The maximum Gasteiger partial charge on any atom is 0.145 e. The van der Waals surface area contributed by atoms with Gasteiger partial charge in [0.15, 0.2) is 0 Å². The van der Waals surface area contributed by atoms with Gasteiger partial charge in [0, 0.05) is 25.0 Å². The van der Waals surface area contributed by atoms with E-state index in [4.69, 9.17) is 4.74 Å². The number of rotatable bonds is 6. The summed E-state index contributed by atoms with van der Waals surface area (Å²) in [5.74, 6) is 1.37. The second-order valence-corrected chi connectivity index (χ2v) is 7.11. The molecule has 0 bridgehead atoms. The van der Waals surface area contributed by atoms with Crippen molar-refractivity contribution in [1.82, 2.24) is 25.1 Å². The van der Waals surface area contributed by atoms with Crippen molar-refractivity contribution in [2.24, 2.45) is 0 Å². The zero-order chi connectivity index (χ0) is 21.1. The van der Waals surface area contributed by atoms with E-state index in [9.17, 15) is 0 Å². The molecule has 0 aliphatic carbocycles. The van der Waals surface area contributed by atoms with Crippen molar-refractivity contribution in [3.05, 3.63) is 60.3 Å². The van der Waals surface area contributed by atoms with Crippen LogP contribution in [-0.4, -0.2) is 46.4 Å². The lowest BCUT2D eigenvalue weighted by atomic mass is 10.1. The molecule has 0 atom stereocenters. The maximum absolute atomic E-state index is 5.61. The Morgan fingerprint density at radius 1 is 1.00 bits per heavy atom. The predicted molar refractivity (Wildman–Crippen MR) is 118 cm³/mol. The highest BCUT2D eigenvalue weighted by Crippen LogP contribution is 2.33. The lowest BCUT2D eigenvalue weighted by Gasteiger charge is -2.14. The van der Waals surface area contributed by atoms with Crippen molar-refractivity contribution >= 4 is 22.4 Å². The Hall–Kier alpha value is -3.81. The standard InChI is InChI=1S/C22H23N7O/c1-14-5-6-16(28-27-14)11-24-22-18-9-15(10-20(30-4)21(18)25-13-26-22)19-8-7-17(12-23-19)29(2)3/h5-10,12-13H,11H2,1-4H3,(H,24,25,26). The monoisotopic (exact) mass is 401 g/mol. The van der Waals surface area contributed by atoms with Gasteiger partial charge in [0.25, 0.3) is 0 Å². The molecular weight excluding hydrogens is 378 g/mol. The summed E-state index contributed by atoms with van der Waals surface area (Å²) in [7, 11) is 5.62. The molecule has 8 heteroatoms. The van der Waals surface area contributed by atoms with Gasteiger partial charge in [-0.25, -0.2) is 9.97 Å². The summed E-state index contributed by atoms with van der Waals surface area (Å²) in [6.45, 7) is 2.41. The van der Waals surface area contributed by atoms with E-state index in [1.165, 1.54) is 6.33 Å². The number of nitrogens with one attached hydrogen (secondary N) is 1. The number of nitrogens with zero attached hydrogens (tertiary/aromatic N) is 6. The zero-order valence-corrected chi connectivity index (χ0v) is 17.4. The van der Waals surface area contributed by atoms with Crippen molar-refractivity contribution in [2.45, 2.75) is 13.5 Å². The van der Waals surface area contributed by atoms with E-state index in [0.29, 0.717) is 18.1 Å². The van der Waals surface area contributed by atoms with Crippen molar-refractivity contribution in [1.29, 1.82) is 0 Å². The Morgan fingerprint density at radius 3 is 2.53 bits per heavy atom. The lowest BCUT2D eigenvalue weighted by Crippen LogP contribution is -2.08. The van der Waals surface area contributed by atoms with Gasteiger partial charge in [-0.15, -0.1) is 0 Å². The molecule has 3 aromatic heterocycles. The number of methoxy groups -OCH3 is 1. The third-order valence-corrected chi connectivity index (χ3v) is 4.77. The highest BCUT2D eigenvalue weighted by molar-refractivity contribution is 5.96. The Labute approximate surface area is 175 Å². The van der Waals surface area contributed by atoms with Gasteiger partial charge >= 0.3 is 0 Å². The zero-order valence-electron chi connectivity index (χ0n) is 17.4. The van der Waals surface area contributed by atoms with Gasteiger partial charge in [-0.1, -0.05) is 0 Å². The molecule has 0 unspecified atom stereocenters. The van der Waals surface area contributed by atoms with Crippen LogP contribution in [0, 0.1) is 6.92 Å². The van der Waals surface area contributed by atoms with Crippen LogP contribution in [0.5, 0.6) is 5.75 Å². The number of fused-ring (bicyclic) bond motifs is 1. The average molecular weight is 401 g/mol. The van der Waals surface area contributed by atoms with Gasteiger partial charge in [-0.3, -0.25) is 4.98 Å². The number of hydrogen-bond donors (Lipinski definition) is 1. The number of aromatic nitrogens is 5. The van der Waals surface area contributed by atoms with Crippen LogP contribution in [0.2, 0.25) is 0 Å². The second-order valence-electron chi connectivity index (χ2n) is 7.11. The number of ether oxygens (including phenoxy) is 1. The Bertz CT molecular complexity index is 1160. The molecule has 0 radical (unpaired) electrons. The first-order chi connectivity index (χ1) is 14.5. The highest BCUT2D eigenvalue weighted by Gasteiger charge is 2.13. The Kier molecular flexibility index (Phi) is 5.38. The molecule has 152 valence electrons. The first-order valence-corrected chi connectivity index (χ1v) is 9.54. The van der Waals surface area contributed by atoms with E-state index in [2.05, 4.69) is 30.5 Å². The minimum atomic E-state index is 0.502. The SMILES string of the molecule is COc1cc(-c2ccc(N(C)C)cn2)cc2c(NCc3ccc(C)nn3)ncnc12. The molecule has 0 fully saturated rings. The minimum Gasteiger partial charge on any atom is -0.494 e. The fraction of sp³-hybridized carbons (Fsp3) is 0.227. The summed E-state index contributed by atoms with van der Waals surface area (Å²) in [6.07, 6.45) is 3.38. The van der Waals surface area contributed by atoms with E-state index >= 15 is 0 Å². The quantitative estimate of drug-likeness (QED) is 0.525. The molecule has 0 aliphatic rings. The second kappa shape index (κ2) is 8.28. The van der Waals surface area contributed by atoms with Gasteiger partial charge in [-0.05, 0) is 43.3 Å². The fourth-order valence-electron chi connectivity index (χ4n) is 3.10. The molecule has 3 heterocycles. The van der Waals surface area contributed by atoms with Crippen LogP contribution >= 0.6 is 0 Å². The van der Waals surface area contributed by atoms with Gasteiger partial charge in [0.05, 0.1) is 42.6 Å². The largest absolute Gasteiger partial charge is 0.494 e. The van der Waals surface area contributed by atoms with Crippen LogP contribution < -0.4 is 15.0 Å². The molecule has 1 N–H and O–H groups in total. The molecule has 4 rings (SSSR count). The van der Waals surface area contributed by atoms with Crippen LogP contribution in [0.3, 0.4) is 0 Å². The van der Waals surface area contributed by atoms with Gasteiger partial charge in [0.2, 0.25) is 0 Å². The molecule has 0 spiro atoms. The Balaban J connectivity index is 1.72. The average Bonchev–Trinajstić information content (AvgIpc) is 2.78. The molecular formula is C22H23N7O. The summed E-state index contributed by atoms with van der Waals surface area (Å²) in [4.78, 5) is 15.5. The first-order valence-electron chi connectivity index (χ1n) is 9.54. The summed E-state index contributed by atoms with van der Waals surface area (Å²) in [5.41, 5.74) is 5.26. The smallest absolute Gasteiger partial charge is 0.145 e. The molecule has 0 amide bonds. The van der Waals surface area contributed by atoms with E-state index in [1.807, 2.05) is 68.5 Å². The number of hydrogen-bond acceptors (Lipinski definition) is 8.